The van der Waals surface area contributed by atoms with Gasteiger partial charge in [0.15, 0.2) is 5.84 Å². The van der Waals surface area contributed by atoms with Crippen molar-refractivity contribution in [3.8, 4) is 0 Å². The van der Waals surface area contributed by atoms with Gasteiger partial charge in [0.1, 0.15) is 5.82 Å². The summed E-state index contributed by atoms with van der Waals surface area (Å²) in [6.07, 6.45) is 1.43. The topological polar surface area (TPSA) is 77.3 Å². The first-order valence-electron chi connectivity index (χ1n) is 11.0. The molecule has 3 aliphatic rings. The van der Waals surface area contributed by atoms with Crippen molar-refractivity contribution in [1.29, 1.82) is 0 Å². The minimum Gasteiger partial charge on any atom is -0.393 e. The Morgan fingerprint density at radius 2 is 1.91 bits per heavy atom. The fourth-order valence-corrected chi connectivity index (χ4v) is 4.49. The Hall–Kier alpha value is -2.68. The summed E-state index contributed by atoms with van der Waals surface area (Å²) in [4.78, 5) is 17.7. The van der Waals surface area contributed by atoms with Crippen LogP contribution in [0.5, 0.6) is 0 Å². The zero-order valence-electron chi connectivity index (χ0n) is 18.1. The number of hydrazone groups is 1. The van der Waals surface area contributed by atoms with Crippen LogP contribution < -0.4 is 5.32 Å². The molecule has 172 valence electrons. The smallest absolute Gasteiger partial charge is 0.266 e. The van der Waals surface area contributed by atoms with Crippen LogP contribution in [0, 0.1) is 11.7 Å². The monoisotopic (exact) mass is 448 g/mol. The van der Waals surface area contributed by atoms with Crippen LogP contribution in [0.2, 0.25) is 0 Å². The normalized spacial score (nSPS) is 26.3. The Morgan fingerprint density at radius 3 is 2.59 bits per heavy atom. The lowest BCUT2D eigenvalue weighted by Gasteiger charge is -2.30. The molecule has 1 saturated carbocycles. The zero-order valence-corrected chi connectivity index (χ0v) is 18.1. The summed E-state index contributed by atoms with van der Waals surface area (Å²) < 4.78 is 40.7. The molecule has 0 spiro atoms. The number of aliphatic hydroxyl groups excluding tert-OH is 1. The number of benzene rings is 1. The van der Waals surface area contributed by atoms with E-state index in [1.165, 1.54) is 12.1 Å². The molecule has 2 heterocycles. The summed E-state index contributed by atoms with van der Waals surface area (Å²) in [6, 6.07) is 2.94. The second kappa shape index (κ2) is 9.05. The number of carbonyl (C=O) groups is 1. The van der Waals surface area contributed by atoms with Crippen LogP contribution in [-0.4, -0.2) is 46.3 Å². The van der Waals surface area contributed by atoms with Crippen LogP contribution in [0.1, 0.15) is 63.1 Å². The second-order valence-electron chi connectivity index (χ2n) is 8.72. The van der Waals surface area contributed by atoms with Gasteiger partial charge in [0.2, 0.25) is 0 Å². The third-order valence-corrected chi connectivity index (χ3v) is 6.26. The van der Waals surface area contributed by atoms with Crippen molar-refractivity contribution in [2.45, 2.75) is 64.1 Å². The summed E-state index contributed by atoms with van der Waals surface area (Å²) in [5, 5.41) is 19.0. The van der Waals surface area contributed by atoms with Crippen molar-refractivity contribution >= 4 is 17.5 Å². The number of aliphatic imine (C=N–C) groups is 1. The predicted molar refractivity (Wildman–Crippen MR) is 115 cm³/mol. The lowest BCUT2D eigenvalue weighted by Crippen LogP contribution is -2.39. The maximum Gasteiger partial charge on any atom is 0.266 e. The molecule has 1 aromatic carbocycles. The SMILES string of the molecule is C[C@@H]1CN2N=C(C3CCC(O)CC3)C=C(C(=O)N[C@H](C)c3cccc(C(F)F)c3F)C2=N1. The van der Waals surface area contributed by atoms with E-state index in [2.05, 4.69) is 10.3 Å². The molecular formula is C23H27F3N4O2. The quantitative estimate of drug-likeness (QED) is 0.718. The Labute approximate surface area is 184 Å². The maximum absolute atomic E-state index is 14.6. The molecule has 1 aromatic rings. The van der Waals surface area contributed by atoms with Gasteiger partial charge in [-0.2, -0.15) is 5.10 Å². The average molecular weight is 448 g/mol. The molecule has 0 unspecified atom stereocenters. The number of hydrogen-bond donors (Lipinski definition) is 2. The van der Waals surface area contributed by atoms with Gasteiger partial charge in [-0.3, -0.25) is 9.79 Å². The number of amides is 1. The van der Waals surface area contributed by atoms with Crippen molar-refractivity contribution in [2.75, 3.05) is 6.54 Å². The Bertz CT molecular complexity index is 983. The number of hydrogen-bond acceptors (Lipinski definition) is 5. The molecule has 1 fully saturated rings. The van der Waals surface area contributed by atoms with Crippen molar-refractivity contribution < 1.29 is 23.1 Å². The predicted octanol–water partition coefficient (Wildman–Crippen LogP) is 3.89. The van der Waals surface area contributed by atoms with E-state index in [1.807, 2.05) is 6.92 Å². The highest BCUT2D eigenvalue weighted by atomic mass is 19.3. The molecule has 6 nitrogen and oxygen atoms in total. The first kappa shape index (κ1) is 22.5. The van der Waals surface area contributed by atoms with Gasteiger partial charge < -0.3 is 10.4 Å². The molecule has 1 amide bonds. The number of rotatable bonds is 5. The fourth-order valence-electron chi connectivity index (χ4n) is 4.49. The van der Waals surface area contributed by atoms with Crippen molar-refractivity contribution in [1.82, 2.24) is 10.3 Å². The second-order valence-corrected chi connectivity index (χ2v) is 8.72. The van der Waals surface area contributed by atoms with Crippen LogP contribution in [0.25, 0.3) is 0 Å². The molecule has 1 aliphatic carbocycles. The number of nitrogens with one attached hydrogen (secondary N) is 1. The first-order valence-corrected chi connectivity index (χ1v) is 11.0. The van der Waals surface area contributed by atoms with E-state index >= 15 is 0 Å². The van der Waals surface area contributed by atoms with Gasteiger partial charge in [-0.05, 0) is 45.6 Å². The highest BCUT2D eigenvalue weighted by Gasteiger charge is 2.35. The minimum absolute atomic E-state index is 0.00121. The molecule has 0 bridgehead atoms. The van der Waals surface area contributed by atoms with E-state index in [-0.39, 0.29) is 23.6 Å². The number of alkyl halides is 2. The van der Waals surface area contributed by atoms with Gasteiger partial charge in [-0.1, -0.05) is 18.2 Å². The zero-order chi connectivity index (χ0) is 23.0. The van der Waals surface area contributed by atoms with Crippen LogP contribution in [0.3, 0.4) is 0 Å². The van der Waals surface area contributed by atoms with E-state index in [0.29, 0.717) is 30.8 Å². The number of amidine groups is 1. The van der Waals surface area contributed by atoms with Gasteiger partial charge in [-0.15, -0.1) is 0 Å². The van der Waals surface area contributed by atoms with Gasteiger partial charge >= 0.3 is 0 Å². The highest BCUT2D eigenvalue weighted by Crippen LogP contribution is 2.31. The molecule has 0 radical (unpaired) electrons. The standard InChI is InChI=1S/C23H27F3N4O2/c1-12-11-30-22(27-12)18(10-19(29-30)14-6-8-15(31)9-7-14)23(32)28-13(2)16-4-3-5-17(20(16)24)21(25)26/h3-5,10,12-15,21,31H,6-9,11H2,1-2H3,(H,28,32)/t12-,13-,14?,15?/m1/s1. The molecule has 2 atom stereocenters. The van der Waals surface area contributed by atoms with Gasteiger partial charge in [0.25, 0.3) is 12.3 Å². The van der Waals surface area contributed by atoms with Gasteiger partial charge in [0, 0.05) is 11.5 Å². The fraction of sp³-hybridized carbons (Fsp3) is 0.522. The number of fused-ring (bicyclic) bond motifs is 1. The molecule has 4 rings (SSSR count). The Balaban J connectivity index is 1.58. The lowest BCUT2D eigenvalue weighted by molar-refractivity contribution is -0.117. The molecule has 0 aromatic heterocycles. The van der Waals surface area contributed by atoms with E-state index in [1.54, 1.807) is 18.0 Å². The molecule has 2 aliphatic heterocycles. The average Bonchev–Trinajstić information content (AvgIpc) is 3.13. The van der Waals surface area contributed by atoms with Crippen LogP contribution in [0.4, 0.5) is 13.2 Å². The Kier molecular flexibility index (Phi) is 6.37. The molecule has 2 N–H and O–H groups in total. The Morgan fingerprint density at radius 1 is 1.22 bits per heavy atom. The molecular weight excluding hydrogens is 421 g/mol. The van der Waals surface area contributed by atoms with Crippen LogP contribution in [0.15, 0.2) is 39.9 Å². The third kappa shape index (κ3) is 4.44. The van der Waals surface area contributed by atoms with E-state index < -0.39 is 29.8 Å². The number of aliphatic hydroxyl groups is 1. The van der Waals surface area contributed by atoms with Gasteiger partial charge in [-0.25, -0.2) is 18.2 Å². The highest BCUT2D eigenvalue weighted by molar-refractivity contribution is 6.26. The molecule has 9 heteroatoms. The number of carbonyl (C=O) groups excluding carboxylic acids is 1. The maximum atomic E-state index is 14.6. The summed E-state index contributed by atoms with van der Waals surface area (Å²) in [6.45, 7) is 4.05. The third-order valence-electron chi connectivity index (χ3n) is 6.26. The summed E-state index contributed by atoms with van der Waals surface area (Å²) in [5.74, 6) is -0.871. The number of allylic oxidation sites excluding steroid dienone is 1. The van der Waals surface area contributed by atoms with E-state index in [0.717, 1.165) is 24.6 Å². The van der Waals surface area contributed by atoms with Crippen LogP contribution in [-0.2, 0) is 4.79 Å². The molecule has 32 heavy (non-hydrogen) atoms. The van der Waals surface area contributed by atoms with Crippen molar-refractivity contribution in [3.63, 3.8) is 0 Å². The molecule has 0 saturated heterocycles. The number of halogens is 3. The summed E-state index contributed by atoms with van der Waals surface area (Å²) in [7, 11) is 0. The van der Waals surface area contributed by atoms with E-state index in [4.69, 9.17) is 5.10 Å². The summed E-state index contributed by atoms with van der Waals surface area (Å²) >= 11 is 0. The van der Waals surface area contributed by atoms with Crippen molar-refractivity contribution in [3.05, 3.63) is 46.8 Å². The summed E-state index contributed by atoms with van der Waals surface area (Å²) in [5.41, 5.74) is 0.423. The minimum atomic E-state index is -2.94. The van der Waals surface area contributed by atoms with E-state index in [9.17, 15) is 23.1 Å². The van der Waals surface area contributed by atoms with Crippen molar-refractivity contribution in [2.24, 2.45) is 16.0 Å². The first-order chi connectivity index (χ1) is 15.2. The lowest BCUT2D eigenvalue weighted by atomic mass is 9.83. The van der Waals surface area contributed by atoms with Crippen LogP contribution >= 0.6 is 0 Å². The van der Waals surface area contributed by atoms with Gasteiger partial charge in [0.05, 0.1) is 41.6 Å². The number of nitrogens with zero attached hydrogens (tertiary/aromatic N) is 3. The largest absolute Gasteiger partial charge is 0.393 e.